The van der Waals surface area contributed by atoms with Crippen LogP contribution in [0, 0.1) is 5.92 Å². The Kier molecular flexibility index (Phi) is 13.8. The van der Waals surface area contributed by atoms with Crippen molar-refractivity contribution in [2.45, 2.75) is 71.1 Å². The largest absolute Gasteiger partial charge is 0.511 e. The van der Waals surface area contributed by atoms with Crippen molar-refractivity contribution in [1.29, 1.82) is 0 Å². The fourth-order valence-electron chi connectivity index (χ4n) is 7.28. The zero-order chi connectivity index (χ0) is 42.3. The molecule has 4 heterocycles. The van der Waals surface area contributed by atoms with Gasteiger partial charge in [-0.3, -0.25) is 9.48 Å². The van der Waals surface area contributed by atoms with Crippen molar-refractivity contribution in [3.8, 4) is 11.4 Å². The van der Waals surface area contributed by atoms with Gasteiger partial charge in [0.1, 0.15) is 37.4 Å². The third-order valence-corrected chi connectivity index (χ3v) is 11.5. The number of piperazine rings is 1. The minimum Gasteiger partial charge on any atom is -0.493 e. The fourth-order valence-corrected chi connectivity index (χ4v) is 7.58. The van der Waals surface area contributed by atoms with Gasteiger partial charge in [0.2, 0.25) is 6.29 Å². The zero-order valence-corrected chi connectivity index (χ0v) is 34.7. The van der Waals surface area contributed by atoms with Crippen LogP contribution in [-0.2, 0) is 34.9 Å². The van der Waals surface area contributed by atoms with Gasteiger partial charge in [0.05, 0.1) is 37.1 Å². The van der Waals surface area contributed by atoms with E-state index in [1.54, 1.807) is 17.9 Å². The Hall–Kier alpha value is -5.27. The van der Waals surface area contributed by atoms with Crippen LogP contribution in [-0.4, -0.2) is 127 Å². The molecule has 0 saturated carbocycles. The number of hydrogen-bond donors (Lipinski definition) is 2. The average Bonchev–Trinajstić information content (AvgIpc) is 3.94. The molecule has 0 bridgehead atoms. The molecule has 2 saturated heterocycles. The summed E-state index contributed by atoms with van der Waals surface area (Å²) < 4.78 is 43.7. The summed E-state index contributed by atoms with van der Waals surface area (Å²) in [5.41, 5.74) is 2.08. The first-order valence-electron chi connectivity index (χ1n) is 19.4. The van der Waals surface area contributed by atoms with Crippen molar-refractivity contribution in [2.24, 2.45) is 5.92 Å². The number of anilines is 2. The van der Waals surface area contributed by atoms with Crippen LogP contribution in [0.3, 0.4) is 0 Å². The normalized spacial score (nSPS) is 20.0. The number of benzene rings is 2. The van der Waals surface area contributed by atoms with E-state index in [1.165, 1.54) is 28.8 Å². The summed E-state index contributed by atoms with van der Waals surface area (Å²) in [6.45, 7) is 11.2. The first kappa shape index (κ1) is 43.3. The molecular formula is C38H52N9O11P. The van der Waals surface area contributed by atoms with Gasteiger partial charge in [-0.15, -0.1) is 0 Å². The second-order valence-electron chi connectivity index (χ2n) is 15.0. The standard InChI is InChI=1S/C38H52N9O11P/c1-6-34(27(2)56-37(50)58-28(3)57-35(48)20-42(5)59(51,52)53)47-36(49)46(26-41-47)32-9-7-30(8-10-32)43-15-17-44(18-16-43)31-11-13-33(14-12-31)54-21-29-19-38(4,55-22-29)23-45-25-39-24-40-45/h7-14,24-29,34H,6,15-23H2,1-5H3,(H2,51,52,53)/t27-,28?,29+,34-,38-/m0/s1. The molecule has 2 aromatic carbocycles. The van der Waals surface area contributed by atoms with E-state index in [0.717, 1.165) is 56.8 Å². The molecule has 2 aromatic heterocycles. The van der Waals surface area contributed by atoms with Crippen molar-refractivity contribution >= 4 is 31.2 Å². The summed E-state index contributed by atoms with van der Waals surface area (Å²) in [7, 11) is -3.60. The summed E-state index contributed by atoms with van der Waals surface area (Å²) in [5, 5.41) is 8.51. The van der Waals surface area contributed by atoms with Crippen LogP contribution in [0.15, 0.2) is 72.3 Å². The minimum absolute atomic E-state index is 0.289. The third kappa shape index (κ3) is 11.3. The summed E-state index contributed by atoms with van der Waals surface area (Å²) in [5.74, 6) is 0.107. The van der Waals surface area contributed by atoms with Crippen LogP contribution in [0.2, 0.25) is 0 Å². The molecule has 0 aliphatic carbocycles. The highest BCUT2D eigenvalue weighted by Gasteiger charge is 2.37. The highest BCUT2D eigenvalue weighted by atomic mass is 31.2. The number of esters is 1. The maximum Gasteiger partial charge on any atom is 0.511 e. The molecule has 2 N–H and O–H groups in total. The van der Waals surface area contributed by atoms with Crippen LogP contribution >= 0.6 is 7.75 Å². The first-order chi connectivity index (χ1) is 28.1. The number of likely N-dealkylation sites (N-methyl/N-ethyl adjacent to an activating group) is 1. The van der Waals surface area contributed by atoms with Crippen LogP contribution < -0.4 is 20.2 Å². The molecule has 2 aliphatic rings. The number of ether oxygens (including phenoxy) is 5. The van der Waals surface area contributed by atoms with E-state index in [9.17, 15) is 18.9 Å². The molecule has 5 atom stereocenters. The van der Waals surface area contributed by atoms with E-state index in [2.05, 4.69) is 44.0 Å². The van der Waals surface area contributed by atoms with Crippen LogP contribution in [0.5, 0.6) is 5.75 Å². The monoisotopic (exact) mass is 841 g/mol. The summed E-state index contributed by atoms with van der Waals surface area (Å²) in [4.78, 5) is 64.8. The molecule has 0 radical (unpaired) electrons. The Morgan fingerprint density at radius 1 is 0.949 bits per heavy atom. The molecular weight excluding hydrogens is 789 g/mol. The van der Waals surface area contributed by atoms with E-state index in [1.807, 2.05) is 43.3 Å². The molecule has 0 spiro atoms. The van der Waals surface area contributed by atoms with Gasteiger partial charge >= 0.3 is 25.6 Å². The average molecular weight is 842 g/mol. The number of rotatable bonds is 17. The topological polar surface area (TPSA) is 218 Å². The van der Waals surface area contributed by atoms with Crippen LogP contribution in [0.4, 0.5) is 16.2 Å². The Labute approximate surface area is 341 Å². The SMILES string of the molecule is CC[C@@H]([C@H](C)OC(=O)OC(C)OC(=O)CN(C)P(=O)(O)O)n1ncn(-c2ccc(N3CCN(c4ccc(OC[C@@H]5CO[C@](C)(Cn6cncn6)C5)cc4)CC3)cc2)c1=O. The number of aromatic nitrogens is 6. The van der Waals surface area contributed by atoms with Crippen molar-refractivity contribution in [3.05, 3.63) is 78.0 Å². The van der Waals surface area contributed by atoms with Gasteiger partial charge in [-0.25, -0.2) is 33.1 Å². The molecule has 1 unspecified atom stereocenters. The molecule has 2 fully saturated rings. The number of carbonyl (C=O) groups excluding carboxylic acids is 2. The van der Waals surface area contributed by atoms with Crippen molar-refractivity contribution in [1.82, 2.24) is 33.8 Å². The summed E-state index contributed by atoms with van der Waals surface area (Å²) in [6.07, 6.45) is 2.49. The predicted octanol–water partition coefficient (Wildman–Crippen LogP) is 3.23. The molecule has 0 amide bonds. The molecule has 2 aliphatic heterocycles. The van der Waals surface area contributed by atoms with Gasteiger partial charge in [0, 0.05) is 50.4 Å². The lowest BCUT2D eigenvalue weighted by Crippen LogP contribution is -2.46. The minimum atomic E-state index is -4.64. The lowest BCUT2D eigenvalue weighted by molar-refractivity contribution is -0.169. The van der Waals surface area contributed by atoms with Gasteiger partial charge in [0.25, 0.3) is 0 Å². The van der Waals surface area contributed by atoms with Gasteiger partial charge in [-0.1, -0.05) is 6.92 Å². The van der Waals surface area contributed by atoms with E-state index < -0.39 is 50.5 Å². The highest BCUT2D eigenvalue weighted by Crippen LogP contribution is 2.38. The smallest absolute Gasteiger partial charge is 0.493 e. The predicted molar refractivity (Wildman–Crippen MR) is 213 cm³/mol. The van der Waals surface area contributed by atoms with E-state index >= 15 is 0 Å². The van der Waals surface area contributed by atoms with Gasteiger partial charge in [0.15, 0.2) is 0 Å². The van der Waals surface area contributed by atoms with Crippen molar-refractivity contribution in [3.63, 3.8) is 0 Å². The van der Waals surface area contributed by atoms with Gasteiger partial charge in [-0.05, 0) is 82.3 Å². The number of hydrogen-bond acceptors (Lipinski definition) is 14. The zero-order valence-electron chi connectivity index (χ0n) is 33.8. The molecule has 6 rings (SSSR count). The van der Waals surface area contributed by atoms with Gasteiger partial charge in [-0.2, -0.15) is 10.2 Å². The highest BCUT2D eigenvalue weighted by molar-refractivity contribution is 7.49. The second kappa shape index (κ2) is 18.8. The molecule has 320 valence electrons. The van der Waals surface area contributed by atoms with Crippen LogP contribution in [0.25, 0.3) is 5.69 Å². The Morgan fingerprint density at radius 3 is 2.17 bits per heavy atom. The number of nitrogens with zero attached hydrogens (tertiary/aromatic N) is 9. The quantitative estimate of drug-likeness (QED) is 0.0886. The van der Waals surface area contributed by atoms with E-state index in [-0.39, 0.29) is 5.60 Å². The first-order valence-corrected chi connectivity index (χ1v) is 21.0. The molecule has 4 aromatic rings. The van der Waals surface area contributed by atoms with Gasteiger partial charge < -0.3 is 43.3 Å². The Morgan fingerprint density at radius 2 is 1.58 bits per heavy atom. The van der Waals surface area contributed by atoms with Crippen molar-refractivity contribution in [2.75, 3.05) is 62.8 Å². The Bertz CT molecular complexity index is 2100. The van der Waals surface area contributed by atoms with E-state index in [0.29, 0.717) is 42.5 Å². The fraction of sp³-hybridized carbons (Fsp3) is 0.526. The maximum absolute atomic E-state index is 13.5. The second-order valence-corrected chi connectivity index (χ2v) is 16.7. The molecule has 21 heteroatoms. The maximum atomic E-state index is 13.5. The number of carbonyl (C=O) groups is 2. The summed E-state index contributed by atoms with van der Waals surface area (Å²) in [6, 6.07) is 15.3. The van der Waals surface area contributed by atoms with Crippen molar-refractivity contribution < 1.29 is 47.6 Å². The molecule has 20 nitrogen and oxygen atoms in total. The van der Waals surface area contributed by atoms with E-state index in [4.69, 9.17) is 33.5 Å². The molecule has 59 heavy (non-hydrogen) atoms. The Balaban J connectivity index is 0.951. The lowest BCUT2D eigenvalue weighted by Gasteiger charge is -2.37. The summed E-state index contributed by atoms with van der Waals surface area (Å²) >= 11 is 0. The lowest BCUT2D eigenvalue weighted by atomic mass is 9.96. The third-order valence-electron chi connectivity index (χ3n) is 10.4. The van der Waals surface area contributed by atoms with Crippen LogP contribution in [0.1, 0.15) is 46.6 Å².